The Kier molecular flexibility index (Phi) is 5.70. The van der Waals surface area contributed by atoms with E-state index in [1.165, 1.54) is 16.8 Å². The van der Waals surface area contributed by atoms with Gasteiger partial charge in [0.25, 0.3) is 5.91 Å². The van der Waals surface area contributed by atoms with E-state index in [1.807, 2.05) is 24.3 Å². The normalized spacial score (nSPS) is 13.9. The van der Waals surface area contributed by atoms with Gasteiger partial charge in [-0.25, -0.2) is 9.07 Å². The Hall–Kier alpha value is -3.68. The number of carbonyl (C=O) groups is 1. The van der Waals surface area contributed by atoms with Crippen LogP contribution in [0, 0.1) is 12.7 Å². The van der Waals surface area contributed by atoms with Crippen LogP contribution in [0.2, 0.25) is 0 Å². The third kappa shape index (κ3) is 4.14. The highest BCUT2D eigenvalue weighted by Gasteiger charge is 2.26. The third-order valence-corrected chi connectivity index (χ3v) is 5.38. The van der Waals surface area contributed by atoms with Gasteiger partial charge in [-0.1, -0.05) is 18.2 Å². The van der Waals surface area contributed by atoms with E-state index in [1.54, 1.807) is 37.1 Å². The summed E-state index contributed by atoms with van der Waals surface area (Å²) in [4.78, 5) is 29.3. The van der Waals surface area contributed by atoms with E-state index in [0.717, 1.165) is 11.4 Å². The smallest absolute Gasteiger partial charge is 0.278 e. The van der Waals surface area contributed by atoms with Crippen molar-refractivity contribution in [3.8, 4) is 11.4 Å². The topological polar surface area (TPSA) is 67.7 Å². The number of para-hydroxylation sites is 1. The maximum Gasteiger partial charge on any atom is 0.278 e. The number of methoxy groups -OCH3 is 1. The molecule has 0 radical (unpaired) electrons. The van der Waals surface area contributed by atoms with Gasteiger partial charge in [0.1, 0.15) is 17.3 Å². The zero-order valence-electron chi connectivity index (χ0n) is 17.4. The molecule has 1 aliphatic heterocycles. The molecule has 0 aliphatic carbocycles. The number of carbonyl (C=O) groups excluding carboxylic acids is 1. The van der Waals surface area contributed by atoms with Crippen LogP contribution in [0.1, 0.15) is 16.2 Å². The molecule has 1 fully saturated rings. The number of anilines is 1. The summed E-state index contributed by atoms with van der Waals surface area (Å²) >= 11 is 0. The Balaban J connectivity index is 1.55. The van der Waals surface area contributed by atoms with Gasteiger partial charge >= 0.3 is 0 Å². The summed E-state index contributed by atoms with van der Waals surface area (Å²) in [7, 11) is 1.62. The molecular weight excluding hydrogens is 399 g/mol. The molecule has 3 aromatic rings. The molecule has 1 saturated heterocycles. The number of rotatable bonds is 4. The minimum atomic E-state index is -0.480. The number of halogens is 1. The molecule has 1 aliphatic rings. The van der Waals surface area contributed by atoms with Crippen LogP contribution in [0.25, 0.3) is 5.69 Å². The number of aryl methyl sites for hydroxylation is 1. The molecule has 160 valence electrons. The Morgan fingerprint density at radius 2 is 1.77 bits per heavy atom. The van der Waals surface area contributed by atoms with E-state index in [-0.39, 0.29) is 11.4 Å². The lowest BCUT2D eigenvalue weighted by Gasteiger charge is -2.36. The molecule has 0 saturated carbocycles. The first kappa shape index (κ1) is 20.6. The van der Waals surface area contributed by atoms with Crippen molar-refractivity contribution in [2.75, 3.05) is 38.2 Å². The highest BCUT2D eigenvalue weighted by molar-refractivity contribution is 5.92. The maximum atomic E-state index is 14.3. The first-order valence-electron chi connectivity index (χ1n) is 10.0. The molecule has 31 heavy (non-hydrogen) atoms. The van der Waals surface area contributed by atoms with Crippen molar-refractivity contribution in [2.45, 2.75) is 6.92 Å². The molecule has 0 atom stereocenters. The third-order valence-electron chi connectivity index (χ3n) is 5.38. The average molecular weight is 422 g/mol. The van der Waals surface area contributed by atoms with Gasteiger partial charge in [0.2, 0.25) is 5.43 Å². The van der Waals surface area contributed by atoms with Gasteiger partial charge in [-0.2, -0.15) is 5.10 Å². The fraction of sp³-hybridized carbons (Fsp3) is 0.261. The zero-order valence-corrected chi connectivity index (χ0v) is 17.4. The summed E-state index contributed by atoms with van der Waals surface area (Å²) in [5, 5.41) is 4.22. The predicted octanol–water partition coefficient (Wildman–Crippen LogP) is 2.65. The van der Waals surface area contributed by atoms with Crippen molar-refractivity contribution in [1.29, 1.82) is 0 Å². The number of hydrogen-bond donors (Lipinski definition) is 0. The van der Waals surface area contributed by atoms with Crippen LogP contribution in [-0.2, 0) is 0 Å². The Labute approximate surface area is 179 Å². The van der Waals surface area contributed by atoms with Crippen molar-refractivity contribution in [3.63, 3.8) is 0 Å². The van der Waals surface area contributed by atoms with Crippen LogP contribution in [0.3, 0.4) is 0 Å². The van der Waals surface area contributed by atoms with Crippen molar-refractivity contribution >= 4 is 11.6 Å². The quantitative estimate of drug-likeness (QED) is 0.647. The highest BCUT2D eigenvalue weighted by Crippen LogP contribution is 2.22. The first-order chi connectivity index (χ1) is 15.0. The largest absolute Gasteiger partial charge is 0.497 e. The summed E-state index contributed by atoms with van der Waals surface area (Å²) < 4.78 is 20.8. The molecule has 2 aromatic carbocycles. The monoisotopic (exact) mass is 422 g/mol. The lowest BCUT2D eigenvalue weighted by atomic mass is 10.2. The molecule has 0 unspecified atom stereocenters. The molecule has 1 aromatic heterocycles. The van der Waals surface area contributed by atoms with Crippen molar-refractivity contribution in [1.82, 2.24) is 14.7 Å². The van der Waals surface area contributed by atoms with Crippen LogP contribution < -0.4 is 15.1 Å². The predicted molar refractivity (Wildman–Crippen MR) is 116 cm³/mol. The number of benzene rings is 2. The number of amides is 1. The van der Waals surface area contributed by atoms with Gasteiger partial charge < -0.3 is 14.5 Å². The molecule has 7 nitrogen and oxygen atoms in total. The van der Waals surface area contributed by atoms with Gasteiger partial charge in [-0.15, -0.1) is 0 Å². The van der Waals surface area contributed by atoms with Crippen LogP contribution in [-0.4, -0.2) is 53.9 Å². The summed E-state index contributed by atoms with van der Waals surface area (Å²) in [6, 6.07) is 15.2. The highest BCUT2D eigenvalue weighted by atomic mass is 19.1. The summed E-state index contributed by atoms with van der Waals surface area (Å²) in [5.41, 5.74) is 0.988. The van der Waals surface area contributed by atoms with Crippen LogP contribution in [0.5, 0.6) is 5.75 Å². The van der Waals surface area contributed by atoms with E-state index >= 15 is 0 Å². The molecule has 0 spiro atoms. The number of hydrogen-bond acceptors (Lipinski definition) is 5. The van der Waals surface area contributed by atoms with E-state index in [2.05, 4.69) is 10.00 Å². The lowest BCUT2D eigenvalue weighted by Crippen LogP contribution is -2.50. The molecule has 0 bridgehead atoms. The van der Waals surface area contributed by atoms with Crippen molar-refractivity contribution < 1.29 is 13.9 Å². The molecule has 0 N–H and O–H groups in total. The number of ether oxygens (including phenoxy) is 1. The summed E-state index contributed by atoms with van der Waals surface area (Å²) in [5.74, 6) is -0.152. The Morgan fingerprint density at radius 3 is 2.48 bits per heavy atom. The number of piperazine rings is 1. The fourth-order valence-electron chi connectivity index (χ4n) is 3.69. The van der Waals surface area contributed by atoms with E-state index < -0.39 is 17.2 Å². The van der Waals surface area contributed by atoms with Crippen molar-refractivity contribution in [2.24, 2.45) is 0 Å². The van der Waals surface area contributed by atoms with Gasteiger partial charge in [0.15, 0.2) is 5.69 Å². The van der Waals surface area contributed by atoms with Gasteiger partial charge in [0.05, 0.1) is 7.11 Å². The Morgan fingerprint density at radius 1 is 1.03 bits per heavy atom. The second-order valence-corrected chi connectivity index (χ2v) is 7.34. The van der Waals surface area contributed by atoms with Gasteiger partial charge in [0, 0.05) is 49.7 Å². The standard InChI is InChI=1S/C23H23FN4O3/c1-16-14-21(29)22(25-28(16)20-9-4-3-8-19(20)24)23(30)27-12-10-26(11-13-27)17-6-5-7-18(15-17)31-2/h3-9,14-15H,10-13H2,1-2H3. The number of nitrogens with zero attached hydrogens (tertiary/aromatic N) is 4. The van der Waals surface area contributed by atoms with Crippen LogP contribution >= 0.6 is 0 Å². The molecule has 4 rings (SSSR count). The zero-order chi connectivity index (χ0) is 22.0. The summed E-state index contributed by atoms with van der Waals surface area (Å²) in [6.07, 6.45) is 0. The maximum absolute atomic E-state index is 14.3. The van der Waals surface area contributed by atoms with E-state index in [0.29, 0.717) is 31.9 Å². The second kappa shape index (κ2) is 8.59. The molecule has 8 heteroatoms. The Bertz CT molecular complexity index is 1170. The molecule has 2 heterocycles. The second-order valence-electron chi connectivity index (χ2n) is 7.34. The lowest BCUT2D eigenvalue weighted by molar-refractivity contribution is 0.0737. The van der Waals surface area contributed by atoms with Gasteiger partial charge in [-0.3, -0.25) is 9.59 Å². The van der Waals surface area contributed by atoms with Gasteiger partial charge in [-0.05, 0) is 31.2 Å². The fourth-order valence-corrected chi connectivity index (χ4v) is 3.69. The minimum Gasteiger partial charge on any atom is -0.497 e. The summed E-state index contributed by atoms with van der Waals surface area (Å²) in [6.45, 7) is 3.79. The molecular formula is C23H23FN4O3. The average Bonchev–Trinajstić information content (AvgIpc) is 2.79. The van der Waals surface area contributed by atoms with Crippen LogP contribution in [0.15, 0.2) is 59.4 Å². The van der Waals surface area contributed by atoms with E-state index in [9.17, 15) is 14.0 Å². The minimum absolute atomic E-state index is 0.192. The SMILES string of the molecule is COc1cccc(N2CCN(C(=O)c3nn(-c4ccccc4F)c(C)cc3=O)CC2)c1. The first-order valence-corrected chi connectivity index (χ1v) is 10.0. The molecule has 1 amide bonds. The van der Waals surface area contributed by atoms with Crippen LogP contribution in [0.4, 0.5) is 10.1 Å². The van der Waals surface area contributed by atoms with Crippen molar-refractivity contribution in [3.05, 3.63) is 82.0 Å². The number of aromatic nitrogens is 2. The van der Waals surface area contributed by atoms with E-state index in [4.69, 9.17) is 4.74 Å².